The molecule has 2 bridgehead atoms. The molecule has 2 atom stereocenters. The first-order valence-electron chi connectivity index (χ1n) is 11.9. The Bertz CT molecular complexity index is 1270. The molecule has 6 rings (SSSR count). The second-order valence-corrected chi connectivity index (χ2v) is 9.48. The van der Waals surface area contributed by atoms with Crippen LogP contribution >= 0.6 is 0 Å². The lowest BCUT2D eigenvalue weighted by molar-refractivity contribution is -0.112. The maximum atomic E-state index is 13.8. The van der Waals surface area contributed by atoms with Crippen molar-refractivity contribution in [1.29, 1.82) is 0 Å². The highest BCUT2D eigenvalue weighted by atomic mass is 19.3. The van der Waals surface area contributed by atoms with Gasteiger partial charge in [0, 0.05) is 24.9 Å². The minimum atomic E-state index is -2.85. The summed E-state index contributed by atoms with van der Waals surface area (Å²) in [5.74, 6) is 0.156. The van der Waals surface area contributed by atoms with Crippen LogP contribution in [-0.2, 0) is 9.53 Å². The van der Waals surface area contributed by atoms with Crippen LogP contribution in [0.2, 0.25) is 0 Å². The molecule has 1 saturated carbocycles. The minimum absolute atomic E-state index is 0.00632. The van der Waals surface area contributed by atoms with Crippen LogP contribution in [0, 0.1) is 5.92 Å². The van der Waals surface area contributed by atoms with Crippen LogP contribution in [0.5, 0.6) is 0 Å². The fraction of sp³-hybridized carbons (Fsp3) is 0.522. The zero-order valence-corrected chi connectivity index (χ0v) is 18.9. The second-order valence-electron chi connectivity index (χ2n) is 9.48. The van der Waals surface area contributed by atoms with Gasteiger partial charge in [-0.2, -0.15) is 10.2 Å². The third kappa shape index (κ3) is 3.95. The summed E-state index contributed by atoms with van der Waals surface area (Å²) < 4.78 is 36.1. The van der Waals surface area contributed by atoms with Crippen molar-refractivity contribution >= 4 is 29.3 Å². The minimum Gasteiger partial charge on any atom is -0.374 e. The first-order valence-corrected chi connectivity index (χ1v) is 11.9. The molecule has 3 aromatic heterocycles. The number of nitrogens with zero attached hydrogens (tertiary/aromatic N) is 6. The van der Waals surface area contributed by atoms with E-state index in [9.17, 15) is 18.4 Å². The van der Waals surface area contributed by atoms with Gasteiger partial charge in [0.15, 0.2) is 11.3 Å². The molecule has 0 spiro atoms. The van der Waals surface area contributed by atoms with Crippen LogP contribution in [0.4, 0.5) is 20.3 Å². The molecular weight excluding hydrogens is 460 g/mol. The number of halogens is 2. The molecule has 5 heterocycles. The SMILES string of the molecule is O=C[C@H]1CC[C@H](n2cc(NC(=O)c3cnn4ccc(N5CC6C[C@H]5CO6)nc34)c(C(F)F)n2)CC1. The molecule has 3 fully saturated rings. The first-order chi connectivity index (χ1) is 17.0. The molecule has 12 heteroatoms. The monoisotopic (exact) mass is 485 g/mol. The number of fused-ring (bicyclic) bond motifs is 3. The molecule has 0 aromatic carbocycles. The van der Waals surface area contributed by atoms with E-state index in [1.54, 1.807) is 6.20 Å². The molecule has 3 aliphatic rings. The van der Waals surface area contributed by atoms with Crippen LogP contribution in [0.15, 0.2) is 24.7 Å². The fourth-order valence-corrected chi connectivity index (χ4v) is 5.40. The standard InChI is InChI=1S/C23H25F2N7O3/c24-21(25)20-18(10-32(29-20)14-3-1-13(11-33)2-4-14)27-23(34)17-8-26-31-6-5-19(28-22(17)31)30-9-16-7-15(30)12-35-16/h5-6,8,10-11,13-16,21H,1-4,7,9,12H2,(H,27,34)/t13-,14-,15-,16?/m0/s1. The van der Waals surface area contributed by atoms with Gasteiger partial charge in [0.2, 0.25) is 0 Å². The van der Waals surface area contributed by atoms with Crippen LogP contribution in [-0.4, -0.2) is 61.9 Å². The highest BCUT2D eigenvalue weighted by Crippen LogP contribution is 2.35. The van der Waals surface area contributed by atoms with E-state index >= 15 is 0 Å². The van der Waals surface area contributed by atoms with Crippen molar-refractivity contribution in [3.8, 4) is 0 Å². The van der Waals surface area contributed by atoms with Crippen molar-refractivity contribution in [1.82, 2.24) is 24.4 Å². The number of anilines is 2. The van der Waals surface area contributed by atoms with E-state index in [2.05, 4.69) is 25.4 Å². The van der Waals surface area contributed by atoms with Gasteiger partial charge < -0.3 is 19.7 Å². The summed E-state index contributed by atoms with van der Waals surface area (Å²) in [6.07, 6.45) is 6.56. The number of nitrogens with one attached hydrogen (secondary N) is 1. The second kappa shape index (κ2) is 8.67. The van der Waals surface area contributed by atoms with Crippen LogP contribution in [0.25, 0.3) is 5.65 Å². The number of carbonyl (C=O) groups is 2. The van der Waals surface area contributed by atoms with Gasteiger partial charge in [-0.1, -0.05) is 0 Å². The maximum Gasteiger partial charge on any atom is 0.284 e. The number of alkyl halides is 2. The predicted octanol–water partition coefficient (Wildman–Crippen LogP) is 3.02. The van der Waals surface area contributed by atoms with Gasteiger partial charge in [0.05, 0.1) is 36.7 Å². The zero-order valence-electron chi connectivity index (χ0n) is 18.9. The Morgan fingerprint density at radius 1 is 1.23 bits per heavy atom. The number of aldehydes is 1. The summed E-state index contributed by atoms with van der Waals surface area (Å²) >= 11 is 0. The average Bonchev–Trinajstić information content (AvgIpc) is 3.66. The summed E-state index contributed by atoms with van der Waals surface area (Å²) in [6.45, 7) is 1.40. The van der Waals surface area contributed by atoms with Gasteiger partial charge in [0.1, 0.15) is 17.7 Å². The Morgan fingerprint density at radius 2 is 2.06 bits per heavy atom. The summed E-state index contributed by atoms with van der Waals surface area (Å²) in [4.78, 5) is 31.0. The van der Waals surface area contributed by atoms with Gasteiger partial charge in [-0.3, -0.25) is 9.48 Å². The van der Waals surface area contributed by atoms with Crippen LogP contribution in [0.3, 0.4) is 0 Å². The van der Waals surface area contributed by atoms with Crippen molar-refractivity contribution in [3.05, 3.63) is 35.9 Å². The van der Waals surface area contributed by atoms with Gasteiger partial charge in [-0.05, 0) is 38.2 Å². The Morgan fingerprint density at radius 3 is 2.74 bits per heavy atom. The molecule has 2 saturated heterocycles. The van der Waals surface area contributed by atoms with Gasteiger partial charge in [0.25, 0.3) is 12.3 Å². The van der Waals surface area contributed by atoms with Gasteiger partial charge in [-0.25, -0.2) is 18.3 Å². The molecular formula is C23H25F2N7O3. The predicted molar refractivity (Wildman–Crippen MR) is 121 cm³/mol. The number of morpholine rings is 1. The third-order valence-corrected chi connectivity index (χ3v) is 7.32. The molecule has 184 valence electrons. The lowest BCUT2D eigenvalue weighted by Crippen LogP contribution is -2.37. The Labute approximate surface area is 199 Å². The summed E-state index contributed by atoms with van der Waals surface area (Å²) in [6, 6.07) is 2.02. The van der Waals surface area contributed by atoms with Crippen molar-refractivity contribution < 1.29 is 23.1 Å². The number of aromatic nitrogens is 5. The molecule has 3 aromatic rings. The Kier molecular flexibility index (Phi) is 5.47. The average molecular weight is 485 g/mol. The molecule has 0 radical (unpaired) electrons. The number of carbonyl (C=O) groups excluding carboxylic acids is 2. The Hall–Kier alpha value is -3.41. The van der Waals surface area contributed by atoms with Gasteiger partial charge >= 0.3 is 0 Å². The van der Waals surface area contributed by atoms with E-state index in [0.29, 0.717) is 37.9 Å². The zero-order chi connectivity index (χ0) is 24.1. The normalized spacial score (nSPS) is 26.1. The van der Waals surface area contributed by atoms with E-state index < -0.39 is 18.0 Å². The molecule has 10 nitrogen and oxygen atoms in total. The highest BCUT2D eigenvalue weighted by molar-refractivity contribution is 6.08. The van der Waals surface area contributed by atoms with Crippen LogP contribution in [0.1, 0.15) is 60.6 Å². The van der Waals surface area contributed by atoms with E-state index in [1.165, 1.54) is 21.6 Å². The quantitative estimate of drug-likeness (QED) is 0.535. The van der Waals surface area contributed by atoms with Crippen molar-refractivity contribution in [3.63, 3.8) is 0 Å². The van der Waals surface area contributed by atoms with E-state index in [-0.39, 0.29) is 35.4 Å². The molecule has 1 N–H and O–H groups in total. The third-order valence-electron chi connectivity index (χ3n) is 7.32. The molecule has 35 heavy (non-hydrogen) atoms. The molecule has 1 amide bonds. The van der Waals surface area contributed by atoms with E-state index in [4.69, 9.17) is 4.74 Å². The molecule has 1 unspecified atom stereocenters. The van der Waals surface area contributed by atoms with Gasteiger partial charge in [-0.15, -0.1) is 0 Å². The first kappa shape index (κ1) is 22.1. The lowest BCUT2D eigenvalue weighted by Gasteiger charge is -2.27. The summed E-state index contributed by atoms with van der Waals surface area (Å²) in [5.41, 5.74) is 0.0230. The largest absolute Gasteiger partial charge is 0.374 e. The fourth-order valence-electron chi connectivity index (χ4n) is 5.40. The number of hydrogen-bond donors (Lipinski definition) is 1. The Balaban J connectivity index is 1.25. The van der Waals surface area contributed by atoms with Crippen molar-refractivity contribution in [2.75, 3.05) is 23.4 Å². The topological polar surface area (TPSA) is 107 Å². The van der Waals surface area contributed by atoms with Crippen molar-refractivity contribution in [2.45, 2.75) is 56.7 Å². The smallest absolute Gasteiger partial charge is 0.284 e. The number of amides is 1. The number of hydrogen-bond acceptors (Lipinski definition) is 7. The molecule has 2 aliphatic heterocycles. The lowest BCUT2D eigenvalue weighted by atomic mass is 9.87. The summed E-state index contributed by atoms with van der Waals surface area (Å²) in [5, 5.41) is 10.9. The highest BCUT2D eigenvalue weighted by Gasteiger charge is 2.39. The maximum absolute atomic E-state index is 13.8. The van der Waals surface area contributed by atoms with E-state index in [0.717, 1.165) is 25.1 Å². The number of ether oxygens (including phenoxy) is 1. The van der Waals surface area contributed by atoms with Crippen molar-refractivity contribution in [2.24, 2.45) is 5.92 Å². The van der Waals surface area contributed by atoms with E-state index in [1.807, 2.05) is 6.07 Å². The van der Waals surface area contributed by atoms with Crippen LogP contribution < -0.4 is 10.2 Å². The number of rotatable bonds is 6. The summed E-state index contributed by atoms with van der Waals surface area (Å²) in [7, 11) is 0. The molecule has 1 aliphatic carbocycles.